The lowest BCUT2D eigenvalue weighted by molar-refractivity contribution is -0.146. The second kappa shape index (κ2) is 8.98. The van der Waals surface area contributed by atoms with Crippen molar-refractivity contribution in [3.8, 4) is 0 Å². The molecule has 1 aromatic carbocycles. The molecule has 0 aliphatic heterocycles. The molecule has 0 aliphatic rings. The number of benzene rings is 1. The Bertz CT molecular complexity index is 319. The van der Waals surface area contributed by atoms with Gasteiger partial charge in [-0.3, -0.25) is 10.1 Å². The van der Waals surface area contributed by atoms with Crippen molar-refractivity contribution in [2.75, 3.05) is 13.2 Å². The first kappa shape index (κ1) is 15.9. The number of esters is 1. The van der Waals surface area contributed by atoms with Gasteiger partial charge >= 0.3 is 5.97 Å². The van der Waals surface area contributed by atoms with Crippen molar-refractivity contribution in [1.29, 1.82) is 0 Å². The second-order valence-corrected chi connectivity index (χ2v) is 3.35. The van der Waals surface area contributed by atoms with Crippen molar-refractivity contribution >= 4 is 18.4 Å². The average molecular weight is 260 g/mol. The molecule has 1 rings (SSSR count). The minimum absolute atomic E-state index is 0. The van der Waals surface area contributed by atoms with E-state index in [-0.39, 0.29) is 19.0 Å². The summed E-state index contributed by atoms with van der Waals surface area (Å²) in [6.07, 6.45) is 0. The van der Waals surface area contributed by atoms with E-state index in [4.69, 9.17) is 9.84 Å². The van der Waals surface area contributed by atoms with Crippen LogP contribution in [0.1, 0.15) is 12.5 Å². The first-order valence-electron chi connectivity index (χ1n) is 5.32. The summed E-state index contributed by atoms with van der Waals surface area (Å²) >= 11 is 0. The predicted molar refractivity (Wildman–Crippen MR) is 68.0 cm³/mol. The SMILES string of the molecule is CCOC(=O)[C@H](CO)NCc1ccccc1.Cl. The minimum atomic E-state index is -0.653. The summed E-state index contributed by atoms with van der Waals surface area (Å²) in [6, 6.07) is 9.03. The first-order chi connectivity index (χ1) is 7.77. The van der Waals surface area contributed by atoms with E-state index in [1.807, 2.05) is 30.3 Å². The summed E-state index contributed by atoms with van der Waals surface area (Å²) in [6.45, 7) is 2.34. The molecule has 2 N–H and O–H groups in total. The summed E-state index contributed by atoms with van der Waals surface area (Å²) in [5.41, 5.74) is 1.06. The first-order valence-corrected chi connectivity index (χ1v) is 5.32. The molecule has 0 radical (unpaired) electrons. The Hall–Kier alpha value is -1.10. The van der Waals surface area contributed by atoms with Gasteiger partial charge in [0.15, 0.2) is 0 Å². The number of rotatable bonds is 6. The Morgan fingerprint density at radius 3 is 2.59 bits per heavy atom. The number of ether oxygens (including phenoxy) is 1. The highest BCUT2D eigenvalue weighted by molar-refractivity contribution is 5.85. The smallest absolute Gasteiger partial charge is 0.325 e. The van der Waals surface area contributed by atoms with Crippen LogP contribution in [0.2, 0.25) is 0 Å². The van der Waals surface area contributed by atoms with Crippen LogP contribution in [0.5, 0.6) is 0 Å². The quantitative estimate of drug-likeness (QED) is 0.752. The lowest BCUT2D eigenvalue weighted by Crippen LogP contribution is -2.40. The number of hydrogen-bond donors (Lipinski definition) is 2. The monoisotopic (exact) mass is 259 g/mol. The van der Waals surface area contributed by atoms with Crippen LogP contribution in [0.15, 0.2) is 30.3 Å². The third kappa shape index (κ3) is 5.68. The highest BCUT2D eigenvalue weighted by Crippen LogP contribution is 1.99. The van der Waals surface area contributed by atoms with Crippen LogP contribution in [0.3, 0.4) is 0 Å². The van der Waals surface area contributed by atoms with Crippen molar-refractivity contribution in [1.82, 2.24) is 5.32 Å². The van der Waals surface area contributed by atoms with E-state index in [0.29, 0.717) is 13.2 Å². The van der Waals surface area contributed by atoms with Gasteiger partial charge in [-0.2, -0.15) is 0 Å². The lowest BCUT2D eigenvalue weighted by Gasteiger charge is -2.14. The number of aliphatic hydroxyl groups excluding tert-OH is 1. The third-order valence-corrected chi connectivity index (χ3v) is 2.15. The summed E-state index contributed by atoms with van der Waals surface area (Å²) in [5.74, 6) is -0.416. The normalized spacial score (nSPS) is 11.4. The van der Waals surface area contributed by atoms with Crippen molar-refractivity contribution in [3.63, 3.8) is 0 Å². The second-order valence-electron chi connectivity index (χ2n) is 3.35. The molecule has 0 amide bonds. The number of nitrogens with one attached hydrogen (secondary N) is 1. The highest BCUT2D eigenvalue weighted by atomic mass is 35.5. The van der Waals surface area contributed by atoms with Gasteiger partial charge in [0, 0.05) is 6.54 Å². The van der Waals surface area contributed by atoms with Crippen molar-refractivity contribution in [2.45, 2.75) is 19.5 Å². The summed E-state index contributed by atoms with van der Waals surface area (Å²) in [5, 5.41) is 12.0. The Balaban J connectivity index is 0.00000256. The van der Waals surface area contributed by atoms with Crippen LogP contribution in [-0.2, 0) is 16.1 Å². The van der Waals surface area contributed by atoms with Crippen LogP contribution >= 0.6 is 12.4 Å². The maximum atomic E-state index is 11.4. The van der Waals surface area contributed by atoms with Crippen LogP contribution in [0.4, 0.5) is 0 Å². The number of carbonyl (C=O) groups is 1. The number of carbonyl (C=O) groups excluding carboxylic acids is 1. The number of hydrogen-bond acceptors (Lipinski definition) is 4. The molecule has 0 aromatic heterocycles. The van der Waals surface area contributed by atoms with Gasteiger partial charge in [0.05, 0.1) is 13.2 Å². The molecule has 0 saturated heterocycles. The Kier molecular flexibility index (Phi) is 8.40. The minimum Gasteiger partial charge on any atom is -0.465 e. The van der Waals surface area contributed by atoms with Gasteiger partial charge < -0.3 is 9.84 Å². The molecule has 0 unspecified atom stereocenters. The van der Waals surface area contributed by atoms with Gasteiger partial charge in [-0.05, 0) is 12.5 Å². The van der Waals surface area contributed by atoms with E-state index >= 15 is 0 Å². The molecule has 96 valence electrons. The summed E-state index contributed by atoms with van der Waals surface area (Å²) in [4.78, 5) is 11.4. The summed E-state index contributed by atoms with van der Waals surface area (Å²) in [7, 11) is 0. The van der Waals surface area contributed by atoms with Crippen LogP contribution in [0.25, 0.3) is 0 Å². The zero-order valence-electron chi connectivity index (χ0n) is 9.76. The fourth-order valence-electron chi connectivity index (χ4n) is 1.30. The topological polar surface area (TPSA) is 58.6 Å². The Labute approximate surface area is 107 Å². The molecule has 1 atom stereocenters. The molecule has 0 fully saturated rings. The fourth-order valence-corrected chi connectivity index (χ4v) is 1.30. The average Bonchev–Trinajstić information content (AvgIpc) is 2.31. The summed E-state index contributed by atoms with van der Waals surface area (Å²) < 4.78 is 4.82. The van der Waals surface area contributed by atoms with Crippen LogP contribution < -0.4 is 5.32 Å². The van der Waals surface area contributed by atoms with Gasteiger partial charge in [0.2, 0.25) is 0 Å². The van der Waals surface area contributed by atoms with Crippen molar-refractivity contribution in [3.05, 3.63) is 35.9 Å². The van der Waals surface area contributed by atoms with E-state index in [9.17, 15) is 4.79 Å². The van der Waals surface area contributed by atoms with E-state index in [2.05, 4.69) is 5.32 Å². The molecule has 0 saturated carbocycles. The highest BCUT2D eigenvalue weighted by Gasteiger charge is 2.17. The molecule has 5 heteroatoms. The third-order valence-electron chi connectivity index (χ3n) is 2.15. The van der Waals surface area contributed by atoms with Crippen LogP contribution in [-0.4, -0.2) is 30.3 Å². The maximum Gasteiger partial charge on any atom is 0.325 e. The predicted octanol–water partition coefficient (Wildman–Crippen LogP) is 1.12. The zero-order valence-corrected chi connectivity index (χ0v) is 10.6. The lowest BCUT2D eigenvalue weighted by atomic mass is 10.2. The largest absolute Gasteiger partial charge is 0.465 e. The van der Waals surface area contributed by atoms with E-state index in [1.54, 1.807) is 6.92 Å². The molecule has 1 aromatic rings. The standard InChI is InChI=1S/C12H17NO3.ClH/c1-2-16-12(15)11(9-14)13-8-10-6-4-3-5-7-10;/h3-7,11,13-14H,2,8-9H2,1H3;1H/t11-;/m0./s1. The van der Waals surface area contributed by atoms with Gasteiger partial charge in [0.1, 0.15) is 6.04 Å². The molecule has 0 bridgehead atoms. The zero-order chi connectivity index (χ0) is 11.8. The molecule has 17 heavy (non-hydrogen) atoms. The maximum absolute atomic E-state index is 11.4. The van der Waals surface area contributed by atoms with Gasteiger partial charge in [-0.15, -0.1) is 12.4 Å². The number of halogens is 1. The van der Waals surface area contributed by atoms with Crippen molar-refractivity contribution in [2.24, 2.45) is 0 Å². The number of aliphatic hydroxyl groups is 1. The van der Waals surface area contributed by atoms with Gasteiger partial charge in [0.25, 0.3) is 0 Å². The van der Waals surface area contributed by atoms with Gasteiger partial charge in [-0.25, -0.2) is 0 Å². The Morgan fingerprint density at radius 2 is 2.06 bits per heavy atom. The molecule has 0 spiro atoms. The fraction of sp³-hybridized carbons (Fsp3) is 0.417. The van der Waals surface area contributed by atoms with Gasteiger partial charge in [-0.1, -0.05) is 30.3 Å². The van der Waals surface area contributed by atoms with Crippen molar-refractivity contribution < 1.29 is 14.6 Å². The Morgan fingerprint density at radius 1 is 1.41 bits per heavy atom. The van der Waals surface area contributed by atoms with E-state index in [1.165, 1.54) is 0 Å². The molecule has 4 nitrogen and oxygen atoms in total. The molecule has 0 aliphatic carbocycles. The molecular formula is C12H18ClNO3. The molecular weight excluding hydrogens is 242 g/mol. The van der Waals surface area contributed by atoms with E-state index < -0.39 is 12.0 Å². The van der Waals surface area contributed by atoms with Crippen LogP contribution in [0, 0.1) is 0 Å². The van der Waals surface area contributed by atoms with E-state index in [0.717, 1.165) is 5.56 Å². The molecule has 0 heterocycles.